The van der Waals surface area contributed by atoms with Gasteiger partial charge in [0.2, 0.25) is 0 Å². The Labute approximate surface area is 115 Å². The molecule has 0 radical (unpaired) electrons. The van der Waals surface area contributed by atoms with Crippen LogP contribution >= 0.6 is 11.6 Å². The molecule has 1 aliphatic rings. The van der Waals surface area contributed by atoms with Crippen LogP contribution in [-0.2, 0) is 11.3 Å². The molecule has 0 amide bonds. The van der Waals surface area contributed by atoms with Gasteiger partial charge in [-0.1, -0.05) is 11.6 Å². The number of rotatable bonds is 4. The van der Waals surface area contributed by atoms with Crippen LogP contribution in [0.2, 0.25) is 5.02 Å². The fourth-order valence-corrected chi connectivity index (χ4v) is 2.53. The Kier molecular flexibility index (Phi) is 2.95. The van der Waals surface area contributed by atoms with Crippen molar-refractivity contribution in [2.45, 2.75) is 31.3 Å². The van der Waals surface area contributed by atoms with Gasteiger partial charge in [0.05, 0.1) is 10.7 Å². The third-order valence-corrected chi connectivity index (χ3v) is 3.91. The van der Waals surface area contributed by atoms with E-state index in [9.17, 15) is 9.90 Å². The van der Waals surface area contributed by atoms with Crippen LogP contribution in [0.15, 0.2) is 24.5 Å². The largest absolute Gasteiger partial charge is 0.480 e. The van der Waals surface area contributed by atoms with Crippen molar-refractivity contribution in [2.24, 2.45) is 0 Å². The predicted molar refractivity (Wildman–Crippen MR) is 71.3 cm³/mol. The summed E-state index contributed by atoms with van der Waals surface area (Å²) in [5.74, 6) is -0.773. The van der Waals surface area contributed by atoms with Crippen molar-refractivity contribution in [3.05, 3.63) is 35.2 Å². The predicted octanol–water partition coefficient (Wildman–Crippen LogP) is 2.08. The maximum Gasteiger partial charge on any atom is 0.323 e. The van der Waals surface area contributed by atoms with Crippen molar-refractivity contribution < 1.29 is 9.90 Å². The number of aliphatic carboxylic acids is 1. The summed E-state index contributed by atoms with van der Waals surface area (Å²) in [4.78, 5) is 15.7. The number of carbonyl (C=O) groups is 1. The highest BCUT2D eigenvalue weighted by molar-refractivity contribution is 6.30. The number of hydrogen-bond acceptors (Lipinski definition) is 3. The molecule has 2 N–H and O–H groups in total. The Bertz CT molecular complexity index is 634. The maximum atomic E-state index is 11.2. The molecule has 5 nitrogen and oxygen atoms in total. The fraction of sp³-hybridized carbons (Fsp3) is 0.385. The van der Waals surface area contributed by atoms with Crippen LogP contribution in [0.3, 0.4) is 0 Å². The summed E-state index contributed by atoms with van der Waals surface area (Å²) in [5.41, 5.74) is 0.863. The number of nitrogens with zero attached hydrogens (tertiary/aromatic N) is 2. The molecule has 3 rings (SSSR count). The van der Waals surface area contributed by atoms with E-state index >= 15 is 0 Å². The Morgan fingerprint density at radius 3 is 2.89 bits per heavy atom. The molecule has 6 heteroatoms. The van der Waals surface area contributed by atoms with Crippen molar-refractivity contribution in [1.82, 2.24) is 14.7 Å². The van der Waals surface area contributed by atoms with Crippen LogP contribution in [0.25, 0.3) is 5.65 Å². The highest BCUT2D eigenvalue weighted by Crippen LogP contribution is 2.32. The summed E-state index contributed by atoms with van der Waals surface area (Å²) in [6.45, 7) is 0.450. The fourth-order valence-electron chi connectivity index (χ4n) is 2.36. The van der Waals surface area contributed by atoms with E-state index in [1.807, 2.05) is 16.7 Å². The zero-order valence-electron chi connectivity index (χ0n) is 10.3. The summed E-state index contributed by atoms with van der Waals surface area (Å²) in [6.07, 6.45) is 5.97. The molecule has 100 valence electrons. The van der Waals surface area contributed by atoms with Crippen molar-refractivity contribution in [1.29, 1.82) is 0 Å². The first-order chi connectivity index (χ1) is 9.09. The van der Waals surface area contributed by atoms with E-state index < -0.39 is 11.5 Å². The molecule has 0 saturated heterocycles. The normalized spacial score (nSPS) is 17.3. The molecule has 19 heavy (non-hydrogen) atoms. The Morgan fingerprint density at radius 2 is 2.26 bits per heavy atom. The average Bonchev–Trinajstić information content (AvgIpc) is 2.68. The van der Waals surface area contributed by atoms with Crippen LogP contribution in [0.1, 0.15) is 25.0 Å². The minimum absolute atomic E-state index is 0.450. The highest BCUT2D eigenvalue weighted by Gasteiger charge is 2.43. The van der Waals surface area contributed by atoms with Gasteiger partial charge in [-0.2, -0.15) is 0 Å². The molecule has 0 aliphatic heterocycles. The highest BCUT2D eigenvalue weighted by atomic mass is 35.5. The van der Waals surface area contributed by atoms with Gasteiger partial charge in [-0.15, -0.1) is 0 Å². The first-order valence-corrected chi connectivity index (χ1v) is 6.58. The number of carboxylic acids is 1. The van der Waals surface area contributed by atoms with Gasteiger partial charge in [0.1, 0.15) is 11.2 Å². The monoisotopic (exact) mass is 279 g/mol. The topological polar surface area (TPSA) is 66.6 Å². The number of carboxylic acid groups (broad SMARTS) is 1. The minimum atomic E-state index is -0.773. The van der Waals surface area contributed by atoms with E-state index in [1.54, 1.807) is 12.3 Å². The van der Waals surface area contributed by atoms with E-state index in [0.717, 1.165) is 17.8 Å². The number of fused-ring (bicyclic) bond motifs is 1. The second kappa shape index (κ2) is 4.51. The summed E-state index contributed by atoms with van der Waals surface area (Å²) in [7, 11) is 0. The molecule has 2 aromatic rings. The number of imidazole rings is 1. The lowest BCUT2D eigenvalue weighted by Gasteiger charge is -2.38. The Morgan fingerprint density at radius 1 is 1.47 bits per heavy atom. The van der Waals surface area contributed by atoms with Crippen LogP contribution in [0, 0.1) is 0 Å². The molecule has 1 fully saturated rings. The molecule has 0 aromatic carbocycles. The maximum absolute atomic E-state index is 11.2. The molecule has 0 spiro atoms. The van der Waals surface area contributed by atoms with Gasteiger partial charge in [-0.3, -0.25) is 10.1 Å². The smallest absolute Gasteiger partial charge is 0.323 e. The van der Waals surface area contributed by atoms with E-state index in [1.165, 1.54) is 0 Å². The molecule has 1 saturated carbocycles. The van der Waals surface area contributed by atoms with Crippen molar-refractivity contribution in [3.63, 3.8) is 0 Å². The third-order valence-electron chi connectivity index (χ3n) is 3.69. The van der Waals surface area contributed by atoms with Gasteiger partial charge >= 0.3 is 5.97 Å². The third kappa shape index (κ3) is 2.19. The number of aromatic nitrogens is 2. The van der Waals surface area contributed by atoms with E-state index in [0.29, 0.717) is 24.4 Å². The van der Waals surface area contributed by atoms with Gasteiger partial charge in [0.25, 0.3) is 0 Å². The first kappa shape index (κ1) is 12.4. The number of pyridine rings is 1. The molecule has 2 aromatic heterocycles. The number of hydrogen-bond donors (Lipinski definition) is 2. The lowest BCUT2D eigenvalue weighted by Crippen LogP contribution is -2.56. The van der Waals surface area contributed by atoms with Crippen LogP contribution in [0.5, 0.6) is 0 Å². The summed E-state index contributed by atoms with van der Waals surface area (Å²) < 4.78 is 1.84. The quantitative estimate of drug-likeness (QED) is 0.899. The molecular weight excluding hydrogens is 266 g/mol. The van der Waals surface area contributed by atoms with E-state index in [4.69, 9.17) is 11.6 Å². The van der Waals surface area contributed by atoms with Crippen LogP contribution in [-0.4, -0.2) is 26.0 Å². The number of halogens is 1. The van der Waals surface area contributed by atoms with Crippen LogP contribution < -0.4 is 5.32 Å². The molecule has 0 unspecified atom stereocenters. The average molecular weight is 280 g/mol. The van der Waals surface area contributed by atoms with Crippen molar-refractivity contribution >= 4 is 23.2 Å². The van der Waals surface area contributed by atoms with Gasteiger partial charge in [0, 0.05) is 18.9 Å². The first-order valence-electron chi connectivity index (χ1n) is 6.21. The second-order valence-corrected chi connectivity index (χ2v) is 5.38. The molecule has 2 heterocycles. The Balaban J connectivity index is 1.76. The molecule has 1 aliphatic carbocycles. The standard InChI is InChI=1S/C13H14ClN3O2/c14-9-2-3-11-16-10(8-17(11)7-9)6-15-13(12(18)19)4-1-5-13/h2-3,7-8,15H,1,4-6H2,(H,18,19). The van der Waals surface area contributed by atoms with Gasteiger partial charge in [0.15, 0.2) is 0 Å². The molecule has 0 bridgehead atoms. The lowest BCUT2D eigenvalue weighted by atomic mass is 9.77. The lowest BCUT2D eigenvalue weighted by molar-refractivity contribution is -0.148. The van der Waals surface area contributed by atoms with E-state index in [-0.39, 0.29) is 0 Å². The van der Waals surface area contributed by atoms with Gasteiger partial charge in [-0.25, -0.2) is 4.98 Å². The second-order valence-electron chi connectivity index (χ2n) is 4.94. The van der Waals surface area contributed by atoms with Crippen molar-refractivity contribution in [3.8, 4) is 0 Å². The zero-order chi connectivity index (χ0) is 13.5. The van der Waals surface area contributed by atoms with Gasteiger partial charge in [-0.05, 0) is 31.4 Å². The van der Waals surface area contributed by atoms with E-state index in [2.05, 4.69) is 10.3 Å². The Hall–Kier alpha value is -1.59. The zero-order valence-corrected chi connectivity index (χ0v) is 11.0. The van der Waals surface area contributed by atoms with Gasteiger partial charge < -0.3 is 9.51 Å². The summed E-state index contributed by atoms with van der Waals surface area (Å²) in [6, 6.07) is 3.62. The molecule has 0 atom stereocenters. The van der Waals surface area contributed by atoms with Crippen LogP contribution in [0.4, 0.5) is 0 Å². The number of nitrogens with one attached hydrogen (secondary N) is 1. The summed E-state index contributed by atoms with van der Waals surface area (Å²) in [5, 5.41) is 13.0. The minimum Gasteiger partial charge on any atom is -0.480 e. The van der Waals surface area contributed by atoms with Crippen molar-refractivity contribution in [2.75, 3.05) is 0 Å². The summed E-state index contributed by atoms with van der Waals surface area (Å²) >= 11 is 5.91. The molecular formula is C13H14ClN3O2. The SMILES string of the molecule is O=C(O)C1(NCc2cn3cc(Cl)ccc3n2)CCC1.